The predicted octanol–water partition coefficient (Wildman–Crippen LogP) is 2.36. The van der Waals surface area contributed by atoms with Crippen molar-refractivity contribution in [2.45, 2.75) is 11.7 Å². The second kappa shape index (κ2) is 4.57. The summed E-state index contributed by atoms with van der Waals surface area (Å²) in [6.45, 7) is 1.70. The Bertz CT molecular complexity index is 347. The average Bonchev–Trinajstić information content (AvgIpc) is 2.28. The van der Waals surface area contributed by atoms with Crippen LogP contribution < -0.4 is 4.74 Å². The minimum Gasteiger partial charge on any atom is -0.497 e. The summed E-state index contributed by atoms with van der Waals surface area (Å²) < 4.78 is 4.13. The van der Waals surface area contributed by atoms with Gasteiger partial charge in [0.25, 0.3) is 0 Å². The van der Waals surface area contributed by atoms with Crippen LogP contribution in [0.4, 0.5) is 0 Å². The van der Waals surface area contributed by atoms with Crippen molar-refractivity contribution in [3.05, 3.63) is 29.8 Å². The van der Waals surface area contributed by atoms with E-state index in [9.17, 15) is 4.79 Å². The highest BCUT2D eigenvalue weighted by Gasteiger charge is 2.34. The van der Waals surface area contributed by atoms with Crippen molar-refractivity contribution < 1.29 is 14.6 Å². The lowest BCUT2D eigenvalue weighted by atomic mass is 10.0. The minimum absolute atomic E-state index is 0.729. The van der Waals surface area contributed by atoms with Crippen molar-refractivity contribution in [2.75, 3.05) is 13.4 Å². The van der Waals surface area contributed by atoms with Crippen LogP contribution in [-0.4, -0.2) is 24.4 Å². The van der Waals surface area contributed by atoms with Crippen LogP contribution in [0.5, 0.6) is 5.75 Å². The van der Waals surface area contributed by atoms with Crippen molar-refractivity contribution in [1.29, 1.82) is 0 Å². The molecule has 0 radical (unpaired) electrons. The van der Waals surface area contributed by atoms with Gasteiger partial charge in [0.15, 0.2) is 0 Å². The molecule has 0 saturated heterocycles. The van der Waals surface area contributed by atoms with Gasteiger partial charge in [0.1, 0.15) is 10.5 Å². The quantitative estimate of drug-likeness (QED) is 0.856. The molecule has 15 heavy (non-hydrogen) atoms. The Morgan fingerprint density at radius 3 is 2.27 bits per heavy atom. The number of hydrogen-bond acceptors (Lipinski definition) is 3. The summed E-state index contributed by atoms with van der Waals surface area (Å²) in [5.41, 5.74) is 0.767. The van der Waals surface area contributed by atoms with E-state index in [0.717, 1.165) is 11.3 Å². The monoisotopic (exact) mass is 226 g/mol. The molecule has 0 aliphatic heterocycles. The highest BCUT2D eigenvalue weighted by molar-refractivity contribution is 8.00. The fourth-order valence-corrected chi connectivity index (χ4v) is 1.78. The first-order valence-electron chi connectivity index (χ1n) is 4.47. The fraction of sp³-hybridized carbons (Fsp3) is 0.364. The first-order valence-corrected chi connectivity index (χ1v) is 5.70. The largest absolute Gasteiger partial charge is 0.497 e. The average molecular weight is 226 g/mol. The molecule has 0 bridgehead atoms. The van der Waals surface area contributed by atoms with Crippen LogP contribution in [0, 0.1) is 0 Å². The number of ether oxygens (including phenoxy) is 1. The van der Waals surface area contributed by atoms with Gasteiger partial charge >= 0.3 is 5.97 Å². The topological polar surface area (TPSA) is 46.5 Å². The van der Waals surface area contributed by atoms with E-state index in [1.165, 1.54) is 11.8 Å². The van der Waals surface area contributed by atoms with Gasteiger partial charge in [0.2, 0.25) is 0 Å². The summed E-state index contributed by atoms with van der Waals surface area (Å²) in [4.78, 5) is 11.2. The van der Waals surface area contributed by atoms with E-state index in [0.29, 0.717) is 0 Å². The van der Waals surface area contributed by atoms with Crippen LogP contribution in [0.1, 0.15) is 12.5 Å². The van der Waals surface area contributed by atoms with Gasteiger partial charge < -0.3 is 9.84 Å². The maximum Gasteiger partial charge on any atom is 0.324 e. The second-order valence-electron chi connectivity index (χ2n) is 3.27. The Labute approximate surface area is 93.4 Å². The Morgan fingerprint density at radius 2 is 1.93 bits per heavy atom. The molecular formula is C11H14O3S. The summed E-state index contributed by atoms with van der Waals surface area (Å²) in [5.74, 6) is -0.104. The van der Waals surface area contributed by atoms with Crippen LogP contribution in [0.15, 0.2) is 24.3 Å². The molecule has 0 aliphatic rings. The highest BCUT2D eigenvalue weighted by Crippen LogP contribution is 2.35. The molecule has 1 aromatic rings. The zero-order valence-corrected chi connectivity index (χ0v) is 9.80. The number of thioether (sulfide) groups is 1. The second-order valence-corrected chi connectivity index (χ2v) is 4.50. The summed E-state index contributed by atoms with van der Waals surface area (Å²) in [6, 6.07) is 7.10. The van der Waals surface area contributed by atoms with Crippen LogP contribution in [-0.2, 0) is 9.54 Å². The SMILES string of the molecule is COc1ccc(C(C)(SC)C(=O)O)cc1. The van der Waals surface area contributed by atoms with Crippen LogP contribution in [0.3, 0.4) is 0 Å². The molecule has 0 saturated carbocycles. The molecule has 0 fully saturated rings. The van der Waals surface area contributed by atoms with Gasteiger partial charge in [-0.05, 0) is 30.9 Å². The van der Waals surface area contributed by atoms with Gasteiger partial charge in [0, 0.05) is 0 Å². The van der Waals surface area contributed by atoms with E-state index in [2.05, 4.69) is 0 Å². The van der Waals surface area contributed by atoms with Gasteiger partial charge in [0.05, 0.1) is 7.11 Å². The predicted molar refractivity (Wildman–Crippen MR) is 61.5 cm³/mol. The molecule has 1 atom stereocenters. The number of methoxy groups -OCH3 is 1. The van der Waals surface area contributed by atoms with E-state index in [4.69, 9.17) is 9.84 Å². The summed E-state index contributed by atoms with van der Waals surface area (Å²) in [6.07, 6.45) is 1.79. The van der Waals surface area contributed by atoms with Crippen molar-refractivity contribution in [3.8, 4) is 5.75 Å². The van der Waals surface area contributed by atoms with Crippen molar-refractivity contribution in [2.24, 2.45) is 0 Å². The Balaban J connectivity index is 3.08. The van der Waals surface area contributed by atoms with Crippen molar-refractivity contribution >= 4 is 17.7 Å². The van der Waals surface area contributed by atoms with Crippen LogP contribution in [0.25, 0.3) is 0 Å². The van der Waals surface area contributed by atoms with Gasteiger partial charge in [-0.2, -0.15) is 0 Å². The van der Waals surface area contributed by atoms with Gasteiger partial charge in [-0.25, -0.2) is 0 Å². The zero-order valence-electron chi connectivity index (χ0n) is 8.98. The summed E-state index contributed by atoms with van der Waals surface area (Å²) in [5, 5.41) is 9.16. The molecule has 0 spiro atoms. The van der Waals surface area contributed by atoms with Crippen LogP contribution in [0.2, 0.25) is 0 Å². The molecule has 1 rings (SSSR count). The number of rotatable bonds is 4. The Kier molecular flexibility index (Phi) is 3.63. The number of aliphatic carboxylic acids is 1. The normalized spacial score (nSPS) is 14.3. The number of benzene rings is 1. The Hall–Kier alpha value is -1.16. The fourth-order valence-electron chi connectivity index (χ4n) is 1.24. The smallest absolute Gasteiger partial charge is 0.324 e. The molecule has 4 heteroatoms. The molecular weight excluding hydrogens is 212 g/mol. The zero-order chi connectivity index (χ0) is 11.5. The van der Waals surface area contributed by atoms with Crippen LogP contribution >= 0.6 is 11.8 Å². The Morgan fingerprint density at radius 1 is 1.40 bits per heavy atom. The van der Waals surface area contributed by atoms with E-state index in [1.54, 1.807) is 44.6 Å². The minimum atomic E-state index is -0.897. The number of carboxylic acid groups (broad SMARTS) is 1. The summed E-state index contributed by atoms with van der Waals surface area (Å²) >= 11 is 1.31. The van der Waals surface area contributed by atoms with Gasteiger partial charge in [-0.3, -0.25) is 4.79 Å². The number of carboxylic acids is 1. The van der Waals surface area contributed by atoms with Crippen molar-refractivity contribution in [3.63, 3.8) is 0 Å². The number of carbonyl (C=O) groups is 1. The maximum absolute atomic E-state index is 11.2. The molecule has 1 unspecified atom stereocenters. The van der Waals surface area contributed by atoms with E-state index >= 15 is 0 Å². The molecule has 0 heterocycles. The van der Waals surface area contributed by atoms with E-state index in [1.807, 2.05) is 0 Å². The molecule has 0 aromatic heterocycles. The molecule has 82 valence electrons. The number of hydrogen-bond donors (Lipinski definition) is 1. The lowest BCUT2D eigenvalue weighted by Gasteiger charge is -2.22. The molecule has 0 aliphatic carbocycles. The maximum atomic E-state index is 11.2. The van der Waals surface area contributed by atoms with E-state index < -0.39 is 10.7 Å². The van der Waals surface area contributed by atoms with Gasteiger partial charge in [-0.1, -0.05) is 12.1 Å². The molecule has 1 aromatic carbocycles. The lowest BCUT2D eigenvalue weighted by Crippen LogP contribution is -2.28. The van der Waals surface area contributed by atoms with Gasteiger partial charge in [-0.15, -0.1) is 11.8 Å². The summed E-state index contributed by atoms with van der Waals surface area (Å²) in [7, 11) is 1.58. The third-order valence-corrected chi connectivity index (χ3v) is 3.68. The first kappa shape index (κ1) is 11.9. The molecule has 3 nitrogen and oxygen atoms in total. The van der Waals surface area contributed by atoms with E-state index in [-0.39, 0.29) is 0 Å². The lowest BCUT2D eigenvalue weighted by molar-refractivity contribution is -0.139. The van der Waals surface area contributed by atoms with Crippen molar-refractivity contribution in [1.82, 2.24) is 0 Å². The highest BCUT2D eigenvalue weighted by atomic mass is 32.2. The molecule has 1 N–H and O–H groups in total. The third kappa shape index (κ3) is 2.26. The first-order chi connectivity index (χ1) is 7.04. The third-order valence-electron chi connectivity index (χ3n) is 2.46. The molecule has 0 amide bonds. The standard InChI is InChI=1S/C11H14O3S/c1-11(15-3,10(12)13)8-4-6-9(14-2)7-5-8/h4-7H,1-3H3,(H,12,13).